The van der Waals surface area contributed by atoms with Crippen LogP contribution in [0.3, 0.4) is 0 Å². The minimum Gasteiger partial charge on any atom is -0.467 e. The molecule has 20 heavy (non-hydrogen) atoms. The Morgan fingerprint density at radius 1 is 1.15 bits per heavy atom. The first-order valence-electron chi connectivity index (χ1n) is 7.41. The summed E-state index contributed by atoms with van der Waals surface area (Å²) in [7, 11) is 1.38. The van der Waals surface area contributed by atoms with E-state index >= 15 is 0 Å². The van der Waals surface area contributed by atoms with Crippen LogP contribution in [0.25, 0.3) is 0 Å². The van der Waals surface area contributed by atoms with Crippen molar-refractivity contribution in [2.75, 3.05) is 13.7 Å². The predicted octanol–water partition coefficient (Wildman–Crippen LogP) is 2.59. The second kappa shape index (κ2) is 5.62. The molecule has 0 aromatic carbocycles. The van der Waals surface area contributed by atoms with E-state index in [2.05, 4.69) is 0 Å². The lowest BCUT2D eigenvalue weighted by molar-refractivity contribution is -0.147. The van der Waals surface area contributed by atoms with E-state index in [0.717, 1.165) is 19.3 Å². The molecular weight excluding hydrogens is 258 g/mol. The van der Waals surface area contributed by atoms with Gasteiger partial charge in [0.15, 0.2) is 0 Å². The van der Waals surface area contributed by atoms with E-state index in [9.17, 15) is 9.59 Å². The minimum absolute atomic E-state index is 0.226. The zero-order valence-electron chi connectivity index (χ0n) is 12.8. The van der Waals surface area contributed by atoms with Crippen molar-refractivity contribution in [3.8, 4) is 0 Å². The highest BCUT2D eigenvalue weighted by Gasteiger charge is 2.49. The number of esters is 1. The summed E-state index contributed by atoms with van der Waals surface area (Å²) in [6.45, 7) is 6.11. The fourth-order valence-corrected chi connectivity index (χ4v) is 3.41. The Kier molecular flexibility index (Phi) is 4.25. The molecule has 0 radical (unpaired) electrons. The molecule has 0 N–H and O–H groups in total. The molecule has 5 heteroatoms. The van der Waals surface area contributed by atoms with Gasteiger partial charge < -0.3 is 9.47 Å². The molecule has 1 saturated heterocycles. The van der Waals surface area contributed by atoms with Gasteiger partial charge in [0, 0.05) is 6.54 Å². The highest BCUT2D eigenvalue weighted by Crippen LogP contribution is 2.41. The molecule has 1 heterocycles. The molecule has 2 rings (SSSR count). The van der Waals surface area contributed by atoms with E-state index in [1.807, 2.05) is 20.8 Å². The number of carbonyl (C=O) groups is 2. The van der Waals surface area contributed by atoms with Gasteiger partial charge in [-0.05, 0) is 45.4 Å². The second-order valence-corrected chi connectivity index (χ2v) is 6.81. The Bertz CT molecular complexity index is 388. The van der Waals surface area contributed by atoms with Gasteiger partial charge in [-0.3, -0.25) is 4.90 Å². The van der Waals surface area contributed by atoms with Crippen LogP contribution in [-0.2, 0) is 14.3 Å². The standard InChI is InChI=1S/C15H25NO4/c1-15(2,3)20-14(18)16-9-10-7-5-6-8-11(10)12(16)13(17)19-4/h10-12H,5-9H2,1-4H3. The number of methoxy groups -OCH3 is 1. The highest BCUT2D eigenvalue weighted by atomic mass is 16.6. The summed E-state index contributed by atoms with van der Waals surface area (Å²) in [6, 6.07) is -0.472. The quantitative estimate of drug-likeness (QED) is 0.694. The van der Waals surface area contributed by atoms with Crippen LogP contribution in [0.1, 0.15) is 46.5 Å². The topological polar surface area (TPSA) is 55.8 Å². The molecule has 1 aliphatic heterocycles. The van der Waals surface area contributed by atoms with E-state index < -0.39 is 17.7 Å². The van der Waals surface area contributed by atoms with Crippen LogP contribution >= 0.6 is 0 Å². The number of ether oxygens (including phenoxy) is 2. The first-order chi connectivity index (χ1) is 9.33. The Balaban J connectivity index is 2.17. The molecule has 0 aromatic heterocycles. The molecule has 0 spiro atoms. The van der Waals surface area contributed by atoms with E-state index in [1.54, 1.807) is 4.90 Å². The lowest BCUT2D eigenvalue weighted by Crippen LogP contribution is -2.46. The SMILES string of the molecule is COC(=O)C1C2CCCCC2CN1C(=O)OC(C)(C)C. The van der Waals surface area contributed by atoms with Gasteiger partial charge in [-0.2, -0.15) is 0 Å². The molecule has 2 fully saturated rings. The molecule has 1 amide bonds. The van der Waals surface area contributed by atoms with Crippen molar-refractivity contribution in [1.29, 1.82) is 0 Å². The molecule has 2 aliphatic rings. The molecule has 3 atom stereocenters. The average Bonchev–Trinajstić information content (AvgIpc) is 2.75. The van der Waals surface area contributed by atoms with Crippen molar-refractivity contribution < 1.29 is 19.1 Å². The molecule has 5 nitrogen and oxygen atoms in total. The Hall–Kier alpha value is -1.26. The summed E-state index contributed by atoms with van der Waals surface area (Å²) in [5.41, 5.74) is -0.550. The predicted molar refractivity (Wildman–Crippen MR) is 74.2 cm³/mol. The maximum absolute atomic E-state index is 12.3. The number of hydrogen-bond acceptors (Lipinski definition) is 4. The lowest BCUT2D eigenvalue weighted by atomic mass is 9.78. The molecule has 0 bridgehead atoms. The number of amides is 1. The average molecular weight is 283 g/mol. The van der Waals surface area contributed by atoms with Crippen LogP contribution in [0.5, 0.6) is 0 Å². The Labute approximate surface area is 120 Å². The zero-order chi connectivity index (χ0) is 14.9. The van der Waals surface area contributed by atoms with Gasteiger partial charge in [0.05, 0.1) is 7.11 Å². The largest absolute Gasteiger partial charge is 0.467 e. The smallest absolute Gasteiger partial charge is 0.411 e. The minimum atomic E-state index is -0.550. The van der Waals surface area contributed by atoms with Crippen molar-refractivity contribution in [3.05, 3.63) is 0 Å². The van der Waals surface area contributed by atoms with Gasteiger partial charge in [0.1, 0.15) is 11.6 Å². The van der Waals surface area contributed by atoms with Gasteiger partial charge in [-0.15, -0.1) is 0 Å². The van der Waals surface area contributed by atoms with E-state index in [-0.39, 0.29) is 11.9 Å². The van der Waals surface area contributed by atoms with E-state index in [1.165, 1.54) is 13.5 Å². The first-order valence-corrected chi connectivity index (χ1v) is 7.41. The second-order valence-electron chi connectivity index (χ2n) is 6.81. The van der Waals surface area contributed by atoms with Crippen LogP contribution in [0.15, 0.2) is 0 Å². The number of rotatable bonds is 1. The lowest BCUT2D eigenvalue weighted by Gasteiger charge is -2.29. The van der Waals surface area contributed by atoms with Crippen LogP contribution in [0.2, 0.25) is 0 Å². The van der Waals surface area contributed by atoms with Crippen molar-refractivity contribution in [3.63, 3.8) is 0 Å². The number of hydrogen-bond donors (Lipinski definition) is 0. The monoisotopic (exact) mass is 283 g/mol. The maximum atomic E-state index is 12.3. The number of fused-ring (bicyclic) bond motifs is 1. The summed E-state index contributed by atoms with van der Waals surface area (Å²) in [4.78, 5) is 26.0. The number of likely N-dealkylation sites (tertiary alicyclic amines) is 1. The molecule has 114 valence electrons. The number of carbonyl (C=O) groups excluding carboxylic acids is 2. The maximum Gasteiger partial charge on any atom is 0.411 e. The van der Waals surface area contributed by atoms with Crippen molar-refractivity contribution in [1.82, 2.24) is 4.90 Å². The van der Waals surface area contributed by atoms with Crippen molar-refractivity contribution in [2.45, 2.75) is 58.1 Å². The van der Waals surface area contributed by atoms with Crippen molar-refractivity contribution >= 4 is 12.1 Å². The van der Waals surface area contributed by atoms with Crippen LogP contribution in [0, 0.1) is 11.8 Å². The Morgan fingerprint density at radius 2 is 1.80 bits per heavy atom. The van der Waals surface area contributed by atoms with Gasteiger partial charge in [0.2, 0.25) is 0 Å². The van der Waals surface area contributed by atoms with Gasteiger partial charge >= 0.3 is 12.1 Å². The van der Waals surface area contributed by atoms with Crippen LogP contribution < -0.4 is 0 Å². The fourth-order valence-electron chi connectivity index (χ4n) is 3.41. The normalized spacial score (nSPS) is 29.8. The third-order valence-electron chi connectivity index (χ3n) is 4.21. The Morgan fingerprint density at radius 3 is 2.40 bits per heavy atom. The molecule has 1 aliphatic carbocycles. The molecule has 0 aromatic rings. The summed E-state index contributed by atoms with van der Waals surface area (Å²) >= 11 is 0. The fraction of sp³-hybridized carbons (Fsp3) is 0.867. The first kappa shape index (κ1) is 15.1. The summed E-state index contributed by atoms with van der Waals surface area (Å²) in [6.07, 6.45) is 3.97. The van der Waals surface area contributed by atoms with Crippen LogP contribution in [-0.4, -0.2) is 42.3 Å². The summed E-state index contributed by atoms with van der Waals surface area (Å²) < 4.78 is 10.3. The third kappa shape index (κ3) is 3.07. The van der Waals surface area contributed by atoms with Gasteiger partial charge in [-0.1, -0.05) is 12.8 Å². The van der Waals surface area contributed by atoms with Gasteiger partial charge in [-0.25, -0.2) is 9.59 Å². The zero-order valence-corrected chi connectivity index (χ0v) is 12.8. The summed E-state index contributed by atoms with van der Waals surface area (Å²) in [5, 5.41) is 0. The van der Waals surface area contributed by atoms with Gasteiger partial charge in [0.25, 0.3) is 0 Å². The van der Waals surface area contributed by atoms with E-state index in [0.29, 0.717) is 12.5 Å². The molecular formula is C15H25NO4. The third-order valence-corrected chi connectivity index (χ3v) is 4.21. The molecule has 3 unspecified atom stereocenters. The van der Waals surface area contributed by atoms with Crippen molar-refractivity contribution in [2.24, 2.45) is 11.8 Å². The van der Waals surface area contributed by atoms with Crippen LogP contribution in [0.4, 0.5) is 4.79 Å². The molecule has 1 saturated carbocycles. The number of nitrogens with zero attached hydrogens (tertiary/aromatic N) is 1. The highest BCUT2D eigenvalue weighted by molar-refractivity contribution is 5.82. The summed E-state index contributed by atoms with van der Waals surface area (Å²) in [5.74, 6) is 0.314. The van der Waals surface area contributed by atoms with E-state index in [4.69, 9.17) is 9.47 Å².